The zero-order valence-corrected chi connectivity index (χ0v) is 12.0. The Balaban J connectivity index is 2.13. The fraction of sp³-hybridized carbons (Fsp3) is 0.500. The summed E-state index contributed by atoms with van der Waals surface area (Å²) in [6.07, 6.45) is 6.21. The molecule has 2 heterocycles. The first kappa shape index (κ1) is 14.3. The molecule has 2 aromatic rings. The van der Waals surface area contributed by atoms with Crippen LogP contribution in [0, 0.1) is 0 Å². The number of anilines is 2. The van der Waals surface area contributed by atoms with Gasteiger partial charge in [0.15, 0.2) is 0 Å². The standard InChI is InChI=1S/C14H21N5O/c1-3-5-12-13(15-7-4-2)17-10-18-14(12)16-9-11-6-8-20-19-11/h6,8,10H,3-5,7,9H2,1-2H3,(H2,15,16,17,18). The summed E-state index contributed by atoms with van der Waals surface area (Å²) in [4.78, 5) is 8.69. The van der Waals surface area contributed by atoms with Gasteiger partial charge in [-0.1, -0.05) is 25.4 Å². The maximum absolute atomic E-state index is 4.82. The Hall–Kier alpha value is -2.11. The average Bonchev–Trinajstić information content (AvgIpc) is 2.98. The summed E-state index contributed by atoms with van der Waals surface area (Å²) in [5.41, 5.74) is 1.99. The van der Waals surface area contributed by atoms with Gasteiger partial charge in [0.2, 0.25) is 0 Å². The van der Waals surface area contributed by atoms with E-state index in [1.807, 2.05) is 6.07 Å². The highest BCUT2D eigenvalue weighted by Crippen LogP contribution is 2.22. The largest absolute Gasteiger partial charge is 0.370 e. The van der Waals surface area contributed by atoms with E-state index in [9.17, 15) is 0 Å². The van der Waals surface area contributed by atoms with E-state index in [0.717, 1.165) is 48.7 Å². The fourth-order valence-electron chi connectivity index (χ4n) is 1.95. The maximum Gasteiger partial charge on any atom is 0.135 e. The Kier molecular flexibility index (Phi) is 5.34. The molecule has 0 unspecified atom stereocenters. The molecule has 20 heavy (non-hydrogen) atoms. The molecule has 6 heteroatoms. The van der Waals surface area contributed by atoms with Gasteiger partial charge in [-0.25, -0.2) is 9.97 Å². The van der Waals surface area contributed by atoms with E-state index in [1.54, 1.807) is 12.6 Å². The van der Waals surface area contributed by atoms with E-state index in [0.29, 0.717) is 6.54 Å². The summed E-state index contributed by atoms with van der Waals surface area (Å²) in [7, 11) is 0. The average molecular weight is 275 g/mol. The van der Waals surface area contributed by atoms with Gasteiger partial charge < -0.3 is 15.2 Å². The van der Waals surface area contributed by atoms with E-state index in [4.69, 9.17) is 4.52 Å². The van der Waals surface area contributed by atoms with Gasteiger partial charge in [0.25, 0.3) is 0 Å². The molecule has 0 atom stereocenters. The number of aromatic nitrogens is 3. The molecule has 0 amide bonds. The van der Waals surface area contributed by atoms with Crippen LogP contribution in [0.2, 0.25) is 0 Å². The molecule has 0 fully saturated rings. The van der Waals surface area contributed by atoms with Crippen LogP contribution >= 0.6 is 0 Å². The molecule has 2 aromatic heterocycles. The van der Waals surface area contributed by atoms with Gasteiger partial charge in [0.05, 0.1) is 6.54 Å². The predicted octanol–water partition coefficient (Wildman–Crippen LogP) is 2.85. The molecule has 108 valence electrons. The first-order valence-electron chi connectivity index (χ1n) is 7.06. The van der Waals surface area contributed by atoms with Crippen LogP contribution in [0.15, 0.2) is 23.2 Å². The van der Waals surface area contributed by atoms with Crippen molar-refractivity contribution in [2.45, 2.75) is 39.7 Å². The second-order valence-corrected chi connectivity index (χ2v) is 4.57. The van der Waals surface area contributed by atoms with Gasteiger partial charge in [0, 0.05) is 18.2 Å². The maximum atomic E-state index is 4.82. The van der Waals surface area contributed by atoms with Crippen LogP contribution in [0.25, 0.3) is 0 Å². The van der Waals surface area contributed by atoms with Crippen molar-refractivity contribution >= 4 is 11.6 Å². The molecule has 2 rings (SSSR count). The summed E-state index contributed by atoms with van der Waals surface area (Å²) in [6, 6.07) is 1.84. The van der Waals surface area contributed by atoms with Gasteiger partial charge in [-0.2, -0.15) is 0 Å². The lowest BCUT2D eigenvalue weighted by molar-refractivity contribution is 0.412. The quantitative estimate of drug-likeness (QED) is 0.771. The van der Waals surface area contributed by atoms with Gasteiger partial charge in [-0.3, -0.25) is 0 Å². The Morgan fingerprint density at radius 3 is 2.55 bits per heavy atom. The van der Waals surface area contributed by atoms with Crippen molar-refractivity contribution in [1.29, 1.82) is 0 Å². The van der Waals surface area contributed by atoms with E-state index in [2.05, 4.69) is 39.6 Å². The number of hydrogen-bond donors (Lipinski definition) is 2. The highest BCUT2D eigenvalue weighted by atomic mass is 16.5. The van der Waals surface area contributed by atoms with Crippen LogP contribution in [-0.2, 0) is 13.0 Å². The van der Waals surface area contributed by atoms with Crippen molar-refractivity contribution in [2.24, 2.45) is 0 Å². The minimum absolute atomic E-state index is 0.595. The summed E-state index contributed by atoms with van der Waals surface area (Å²) in [5, 5.41) is 10.5. The lowest BCUT2D eigenvalue weighted by Crippen LogP contribution is -2.11. The van der Waals surface area contributed by atoms with Crippen molar-refractivity contribution in [3.63, 3.8) is 0 Å². The highest BCUT2D eigenvalue weighted by Gasteiger charge is 2.10. The number of rotatable bonds is 8. The smallest absolute Gasteiger partial charge is 0.135 e. The SMILES string of the molecule is CCCNc1ncnc(NCc2ccon2)c1CCC. The third-order valence-corrected chi connectivity index (χ3v) is 2.92. The Labute approximate surface area is 119 Å². The number of nitrogens with one attached hydrogen (secondary N) is 2. The number of hydrogen-bond acceptors (Lipinski definition) is 6. The second kappa shape index (κ2) is 7.47. The van der Waals surface area contributed by atoms with E-state index in [-0.39, 0.29) is 0 Å². The minimum Gasteiger partial charge on any atom is -0.370 e. The highest BCUT2D eigenvalue weighted by molar-refractivity contribution is 5.57. The number of nitrogens with zero attached hydrogens (tertiary/aromatic N) is 3. The van der Waals surface area contributed by atoms with E-state index >= 15 is 0 Å². The molecular formula is C14H21N5O. The van der Waals surface area contributed by atoms with E-state index < -0.39 is 0 Å². The third-order valence-electron chi connectivity index (χ3n) is 2.92. The summed E-state index contributed by atoms with van der Waals surface area (Å²) in [6.45, 7) is 5.79. The summed E-state index contributed by atoms with van der Waals surface area (Å²) < 4.78 is 4.82. The lowest BCUT2D eigenvalue weighted by Gasteiger charge is -2.14. The Morgan fingerprint density at radius 1 is 1.10 bits per heavy atom. The monoisotopic (exact) mass is 275 g/mol. The van der Waals surface area contributed by atoms with Crippen LogP contribution in [0.4, 0.5) is 11.6 Å². The zero-order valence-electron chi connectivity index (χ0n) is 12.0. The molecule has 0 saturated heterocycles. The van der Waals surface area contributed by atoms with Gasteiger partial charge >= 0.3 is 0 Å². The van der Waals surface area contributed by atoms with Crippen molar-refractivity contribution in [1.82, 2.24) is 15.1 Å². The summed E-state index contributed by atoms with van der Waals surface area (Å²) >= 11 is 0. The Morgan fingerprint density at radius 2 is 1.90 bits per heavy atom. The van der Waals surface area contributed by atoms with Crippen LogP contribution in [0.1, 0.15) is 37.9 Å². The molecule has 0 aliphatic heterocycles. The van der Waals surface area contributed by atoms with E-state index in [1.165, 1.54) is 0 Å². The van der Waals surface area contributed by atoms with Crippen LogP contribution in [0.5, 0.6) is 0 Å². The second-order valence-electron chi connectivity index (χ2n) is 4.57. The molecule has 0 aromatic carbocycles. The fourth-order valence-corrected chi connectivity index (χ4v) is 1.95. The zero-order chi connectivity index (χ0) is 14.2. The molecule has 0 spiro atoms. The van der Waals surface area contributed by atoms with Gasteiger partial charge in [-0.05, 0) is 12.8 Å². The molecule has 0 saturated carbocycles. The van der Waals surface area contributed by atoms with Crippen LogP contribution in [0.3, 0.4) is 0 Å². The lowest BCUT2D eigenvalue weighted by atomic mass is 10.1. The van der Waals surface area contributed by atoms with Gasteiger partial charge in [0.1, 0.15) is 29.9 Å². The molecule has 6 nitrogen and oxygen atoms in total. The predicted molar refractivity (Wildman–Crippen MR) is 78.6 cm³/mol. The molecular weight excluding hydrogens is 254 g/mol. The molecule has 0 radical (unpaired) electrons. The van der Waals surface area contributed by atoms with Gasteiger partial charge in [-0.15, -0.1) is 0 Å². The van der Waals surface area contributed by atoms with Crippen molar-refractivity contribution in [2.75, 3.05) is 17.2 Å². The van der Waals surface area contributed by atoms with Crippen molar-refractivity contribution in [3.8, 4) is 0 Å². The van der Waals surface area contributed by atoms with Crippen LogP contribution < -0.4 is 10.6 Å². The van der Waals surface area contributed by atoms with Crippen molar-refractivity contribution in [3.05, 3.63) is 29.9 Å². The first-order chi connectivity index (χ1) is 9.85. The molecule has 0 aliphatic rings. The molecule has 2 N–H and O–H groups in total. The minimum atomic E-state index is 0.595. The first-order valence-corrected chi connectivity index (χ1v) is 7.06. The Bertz CT molecular complexity index is 512. The van der Waals surface area contributed by atoms with Crippen LogP contribution in [-0.4, -0.2) is 21.7 Å². The molecule has 0 aliphatic carbocycles. The normalized spacial score (nSPS) is 10.5. The summed E-state index contributed by atoms with van der Waals surface area (Å²) in [5.74, 6) is 1.79. The van der Waals surface area contributed by atoms with Crippen molar-refractivity contribution < 1.29 is 4.52 Å². The third kappa shape index (κ3) is 3.69. The topological polar surface area (TPSA) is 75.9 Å². The molecule has 0 bridgehead atoms.